The number of carbonyl (C=O) groups is 1. The second-order valence-corrected chi connectivity index (χ2v) is 10.2. The van der Waals surface area contributed by atoms with Gasteiger partial charge in [0, 0.05) is 5.56 Å². The number of esters is 1. The normalized spacial score (nSPS) is 15.8. The molecule has 0 radical (unpaired) electrons. The number of nitrogens with zero attached hydrogens (tertiary/aromatic N) is 2. The second-order valence-electron chi connectivity index (χ2n) is 9.16. The lowest BCUT2D eigenvalue weighted by atomic mass is 9.93. The van der Waals surface area contributed by atoms with Gasteiger partial charge in [0.05, 0.1) is 42.7 Å². The summed E-state index contributed by atoms with van der Waals surface area (Å²) in [6.07, 6.45) is 1.79. The Bertz CT molecular complexity index is 1860. The smallest absolute Gasteiger partial charge is 0.338 e. The van der Waals surface area contributed by atoms with Crippen molar-refractivity contribution in [3.63, 3.8) is 0 Å². The molecule has 3 aromatic carbocycles. The number of aromatic nitrogens is 1. The molecule has 41 heavy (non-hydrogen) atoms. The lowest BCUT2D eigenvalue weighted by Crippen LogP contribution is -2.40. The molecule has 6 rings (SSSR count). The maximum Gasteiger partial charge on any atom is 0.338 e. The minimum absolute atomic E-state index is 0.158. The van der Waals surface area contributed by atoms with Crippen LogP contribution < -0.4 is 33.8 Å². The van der Waals surface area contributed by atoms with E-state index < -0.39 is 12.0 Å². The Balaban J connectivity index is 1.63. The molecule has 4 aromatic rings. The van der Waals surface area contributed by atoms with E-state index in [0.717, 1.165) is 11.1 Å². The highest BCUT2D eigenvalue weighted by Crippen LogP contribution is 2.38. The molecular weight excluding hydrogens is 544 g/mol. The van der Waals surface area contributed by atoms with E-state index in [2.05, 4.69) is 0 Å². The molecule has 10 heteroatoms. The Morgan fingerprint density at radius 1 is 1.02 bits per heavy atom. The molecule has 0 amide bonds. The van der Waals surface area contributed by atoms with Gasteiger partial charge in [0.1, 0.15) is 0 Å². The maximum atomic E-state index is 14.1. The Labute approximate surface area is 239 Å². The van der Waals surface area contributed by atoms with Gasteiger partial charge >= 0.3 is 5.97 Å². The minimum atomic E-state index is -0.834. The van der Waals surface area contributed by atoms with Gasteiger partial charge < -0.3 is 23.7 Å². The van der Waals surface area contributed by atoms with Crippen molar-refractivity contribution < 1.29 is 28.5 Å². The van der Waals surface area contributed by atoms with Crippen LogP contribution in [0.5, 0.6) is 23.0 Å². The molecule has 2 aliphatic rings. The summed E-state index contributed by atoms with van der Waals surface area (Å²) >= 11 is 1.25. The van der Waals surface area contributed by atoms with Crippen molar-refractivity contribution in [3.05, 3.63) is 109 Å². The van der Waals surface area contributed by atoms with Crippen LogP contribution in [-0.4, -0.2) is 38.2 Å². The standard InChI is InChI=1S/C31H26N2O7S/c1-4-38-30(35)26-27(19-8-6-5-7-9-19)32-31-33(28(26)20-11-13-21(36-2)23(16-20)37-3)29(34)25(41-31)15-18-10-12-22-24(14-18)40-17-39-22/h5-16,28H,4,17H2,1-3H3/b25-15+. The average molecular weight is 571 g/mol. The van der Waals surface area contributed by atoms with Crippen LogP contribution in [0.4, 0.5) is 0 Å². The fraction of sp³-hybridized carbons (Fsp3) is 0.194. The van der Waals surface area contributed by atoms with Crippen molar-refractivity contribution in [2.45, 2.75) is 13.0 Å². The van der Waals surface area contributed by atoms with Crippen LogP contribution in [0.25, 0.3) is 11.8 Å². The minimum Gasteiger partial charge on any atom is -0.493 e. The highest BCUT2D eigenvalue weighted by atomic mass is 32.1. The molecule has 9 nitrogen and oxygen atoms in total. The van der Waals surface area contributed by atoms with Crippen LogP contribution in [0.3, 0.4) is 0 Å². The number of fused-ring (bicyclic) bond motifs is 2. The number of rotatable bonds is 7. The quantitative estimate of drug-likeness (QED) is 0.313. The fourth-order valence-electron chi connectivity index (χ4n) is 4.93. The van der Waals surface area contributed by atoms with Gasteiger partial charge in [-0.15, -0.1) is 0 Å². The van der Waals surface area contributed by atoms with Crippen LogP contribution >= 0.6 is 11.3 Å². The number of carbonyl (C=O) groups excluding carboxylic acids is 1. The third kappa shape index (κ3) is 4.76. The molecule has 0 spiro atoms. The van der Waals surface area contributed by atoms with Gasteiger partial charge in [0.2, 0.25) is 6.79 Å². The van der Waals surface area contributed by atoms with Crippen LogP contribution in [0.15, 0.2) is 82.1 Å². The Kier molecular flexibility index (Phi) is 7.07. The third-order valence-electron chi connectivity index (χ3n) is 6.79. The molecule has 0 saturated heterocycles. The number of benzene rings is 3. The molecule has 0 N–H and O–H groups in total. The first kappa shape index (κ1) is 26.4. The lowest BCUT2D eigenvalue weighted by molar-refractivity contribution is -0.138. The zero-order valence-electron chi connectivity index (χ0n) is 22.6. The van der Waals surface area contributed by atoms with Crippen molar-refractivity contribution in [1.82, 2.24) is 4.57 Å². The third-order valence-corrected chi connectivity index (χ3v) is 7.77. The zero-order chi connectivity index (χ0) is 28.5. The van der Waals surface area contributed by atoms with Crippen molar-refractivity contribution in [2.75, 3.05) is 27.6 Å². The summed E-state index contributed by atoms with van der Waals surface area (Å²) in [5.41, 5.74) is 2.56. The Morgan fingerprint density at radius 3 is 2.56 bits per heavy atom. The Morgan fingerprint density at radius 2 is 1.80 bits per heavy atom. The van der Waals surface area contributed by atoms with Gasteiger partial charge in [-0.25, -0.2) is 9.79 Å². The van der Waals surface area contributed by atoms with Crippen LogP contribution in [-0.2, 0) is 9.53 Å². The molecule has 0 fully saturated rings. The molecule has 0 saturated carbocycles. The molecule has 2 aliphatic heterocycles. The maximum absolute atomic E-state index is 14.1. The molecule has 208 valence electrons. The first-order valence-corrected chi connectivity index (χ1v) is 13.7. The summed E-state index contributed by atoms with van der Waals surface area (Å²) in [6.45, 7) is 2.06. The molecule has 0 bridgehead atoms. The van der Waals surface area contributed by atoms with Crippen molar-refractivity contribution >= 4 is 29.1 Å². The van der Waals surface area contributed by atoms with Crippen LogP contribution in [0, 0.1) is 0 Å². The fourth-order valence-corrected chi connectivity index (χ4v) is 5.93. The number of methoxy groups -OCH3 is 2. The molecular formula is C31H26N2O7S. The number of thiazole rings is 1. The first-order chi connectivity index (χ1) is 20.0. The van der Waals surface area contributed by atoms with E-state index in [1.165, 1.54) is 18.4 Å². The molecule has 3 heterocycles. The number of hydrogen-bond donors (Lipinski definition) is 0. The first-order valence-electron chi connectivity index (χ1n) is 12.9. The van der Waals surface area contributed by atoms with Gasteiger partial charge in [-0.1, -0.05) is 53.8 Å². The van der Waals surface area contributed by atoms with Gasteiger partial charge in [0.25, 0.3) is 5.56 Å². The number of hydrogen-bond acceptors (Lipinski definition) is 9. The summed E-state index contributed by atoms with van der Waals surface area (Å²) < 4.78 is 29.5. The van der Waals surface area contributed by atoms with E-state index in [1.54, 1.807) is 36.8 Å². The predicted octanol–water partition coefficient (Wildman–Crippen LogP) is 3.68. The summed E-state index contributed by atoms with van der Waals surface area (Å²) in [6, 6.07) is 19.4. The number of ether oxygens (including phenoxy) is 5. The van der Waals surface area contributed by atoms with Crippen molar-refractivity contribution in [3.8, 4) is 23.0 Å². The molecule has 1 unspecified atom stereocenters. The topological polar surface area (TPSA) is 97.6 Å². The van der Waals surface area contributed by atoms with Crippen LogP contribution in [0.2, 0.25) is 0 Å². The predicted molar refractivity (Wildman–Crippen MR) is 153 cm³/mol. The highest BCUT2D eigenvalue weighted by Gasteiger charge is 2.35. The van der Waals surface area contributed by atoms with Crippen molar-refractivity contribution in [2.24, 2.45) is 4.99 Å². The monoisotopic (exact) mass is 570 g/mol. The summed E-state index contributed by atoms with van der Waals surface area (Å²) in [5.74, 6) is 1.71. The van der Waals surface area contributed by atoms with E-state index in [9.17, 15) is 9.59 Å². The molecule has 1 aromatic heterocycles. The van der Waals surface area contributed by atoms with Gasteiger partial charge in [0.15, 0.2) is 27.8 Å². The van der Waals surface area contributed by atoms with Gasteiger partial charge in [-0.05, 0) is 48.4 Å². The summed E-state index contributed by atoms with van der Waals surface area (Å²) in [4.78, 5) is 33.0. The second kappa shape index (κ2) is 11.0. The molecule has 0 aliphatic carbocycles. The van der Waals surface area contributed by atoms with Crippen molar-refractivity contribution in [1.29, 1.82) is 0 Å². The highest BCUT2D eigenvalue weighted by molar-refractivity contribution is 7.07. The molecule has 1 atom stereocenters. The van der Waals surface area contributed by atoms with E-state index in [-0.39, 0.29) is 24.5 Å². The Hall–Kier alpha value is -4.83. The van der Waals surface area contributed by atoms with Gasteiger partial charge in [-0.2, -0.15) is 0 Å². The SMILES string of the molecule is CCOC(=O)C1=C(c2ccccc2)N=c2s/c(=C/c3ccc4c(c3)OCO4)c(=O)n2C1c1ccc(OC)c(OC)c1. The summed E-state index contributed by atoms with van der Waals surface area (Å²) in [5, 5.41) is 0. The zero-order valence-corrected chi connectivity index (χ0v) is 23.4. The van der Waals surface area contributed by atoms with E-state index in [4.69, 9.17) is 28.7 Å². The van der Waals surface area contributed by atoms with E-state index >= 15 is 0 Å². The average Bonchev–Trinajstić information content (AvgIpc) is 3.60. The lowest BCUT2D eigenvalue weighted by Gasteiger charge is -2.26. The van der Waals surface area contributed by atoms with E-state index in [1.807, 2.05) is 54.6 Å². The van der Waals surface area contributed by atoms with E-state index in [0.29, 0.717) is 43.6 Å². The van der Waals surface area contributed by atoms with Gasteiger partial charge in [-0.3, -0.25) is 9.36 Å². The van der Waals surface area contributed by atoms with Crippen LogP contribution in [0.1, 0.15) is 29.7 Å². The summed E-state index contributed by atoms with van der Waals surface area (Å²) in [7, 11) is 3.09. The largest absolute Gasteiger partial charge is 0.493 e.